The SMILES string of the molecule is Cc1cccc(C(=O)NN2C(=O)NC3(CCC(C)CC3)C2=O)c1. The minimum atomic E-state index is -0.844. The van der Waals surface area contributed by atoms with Gasteiger partial charge in [-0.3, -0.25) is 15.0 Å². The Kier molecular flexibility index (Phi) is 3.83. The van der Waals surface area contributed by atoms with Gasteiger partial charge in [-0.2, -0.15) is 5.01 Å². The van der Waals surface area contributed by atoms with Crippen LogP contribution in [-0.2, 0) is 4.79 Å². The molecule has 23 heavy (non-hydrogen) atoms. The summed E-state index contributed by atoms with van der Waals surface area (Å²) in [5.74, 6) is -0.255. The molecule has 0 atom stereocenters. The van der Waals surface area contributed by atoms with Crippen LogP contribution >= 0.6 is 0 Å². The highest BCUT2D eigenvalue weighted by molar-refractivity contribution is 6.09. The maximum Gasteiger partial charge on any atom is 0.344 e. The van der Waals surface area contributed by atoms with Crippen LogP contribution in [0.1, 0.15) is 48.5 Å². The van der Waals surface area contributed by atoms with Crippen molar-refractivity contribution in [2.24, 2.45) is 5.92 Å². The van der Waals surface area contributed by atoms with Crippen molar-refractivity contribution in [3.8, 4) is 0 Å². The number of hydrazine groups is 1. The van der Waals surface area contributed by atoms with E-state index in [1.54, 1.807) is 18.2 Å². The maximum atomic E-state index is 12.7. The van der Waals surface area contributed by atoms with Gasteiger partial charge in [-0.05, 0) is 50.7 Å². The van der Waals surface area contributed by atoms with Crippen LogP contribution in [0.25, 0.3) is 0 Å². The van der Waals surface area contributed by atoms with Gasteiger partial charge in [0, 0.05) is 5.56 Å². The second-order valence-electron chi connectivity index (χ2n) is 6.65. The fourth-order valence-corrected chi connectivity index (χ4v) is 3.27. The van der Waals surface area contributed by atoms with Gasteiger partial charge >= 0.3 is 6.03 Å². The first kappa shape index (κ1) is 15.5. The zero-order valence-electron chi connectivity index (χ0n) is 13.4. The van der Waals surface area contributed by atoms with Gasteiger partial charge in [0.2, 0.25) is 0 Å². The molecular weight excluding hydrogens is 294 g/mol. The van der Waals surface area contributed by atoms with Crippen LogP contribution in [-0.4, -0.2) is 28.4 Å². The third-order valence-electron chi connectivity index (χ3n) is 4.78. The first-order valence-corrected chi connectivity index (χ1v) is 7.96. The normalized spacial score (nSPS) is 27.2. The summed E-state index contributed by atoms with van der Waals surface area (Å²) < 4.78 is 0. The number of imide groups is 1. The highest BCUT2D eigenvalue weighted by atomic mass is 16.2. The van der Waals surface area contributed by atoms with Crippen LogP contribution in [0.15, 0.2) is 24.3 Å². The van der Waals surface area contributed by atoms with Gasteiger partial charge < -0.3 is 5.32 Å². The molecular formula is C17H21N3O3. The van der Waals surface area contributed by atoms with Gasteiger partial charge in [-0.15, -0.1) is 0 Å². The molecule has 0 bridgehead atoms. The first-order chi connectivity index (χ1) is 10.9. The second-order valence-corrected chi connectivity index (χ2v) is 6.65. The topological polar surface area (TPSA) is 78.5 Å². The molecule has 0 aromatic heterocycles. The summed E-state index contributed by atoms with van der Waals surface area (Å²) in [6.07, 6.45) is 3.03. The van der Waals surface area contributed by atoms with Crippen molar-refractivity contribution in [3.05, 3.63) is 35.4 Å². The van der Waals surface area contributed by atoms with Gasteiger partial charge in [-0.25, -0.2) is 4.79 Å². The highest BCUT2D eigenvalue weighted by Crippen LogP contribution is 2.35. The van der Waals surface area contributed by atoms with Crippen LogP contribution < -0.4 is 10.7 Å². The number of nitrogens with zero attached hydrogens (tertiary/aromatic N) is 1. The summed E-state index contributed by atoms with van der Waals surface area (Å²) in [7, 11) is 0. The fourth-order valence-electron chi connectivity index (χ4n) is 3.27. The molecule has 122 valence electrons. The molecule has 0 radical (unpaired) electrons. The number of amides is 4. The Morgan fingerprint density at radius 1 is 1.30 bits per heavy atom. The van der Waals surface area contributed by atoms with Gasteiger partial charge in [0.05, 0.1) is 0 Å². The third-order valence-corrected chi connectivity index (χ3v) is 4.78. The molecule has 1 spiro atoms. The molecule has 2 N–H and O–H groups in total. The van der Waals surface area contributed by atoms with E-state index in [2.05, 4.69) is 17.7 Å². The Hall–Kier alpha value is -2.37. The largest absolute Gasteiger partial charge is 0.344 e. The molecule has 1 aromatic carbocycles. The average Bonchev–Trinajstić information content (AvgIpc) is 2.75. The van der Waals surface area contributed by atoms with E-state index in [9.17, 15) is 14.4 Å². The van der Waals surface area contributed by atoms with Crippen molar-refractivity contribution < 1.29 is 14.4 Å². The Labute approximate surface area is 135 Å². The van der Waals surface area contributed by atoms with Gasteiger partial charge in [0.15, 0.2) is 0 Å². The average molecular weight is 315 g/mol. The highest BCUT2D eigenvalue weighted by Gasteiger charge is 2.52. The van der Waals surface area contributed by atoms with Crippen LogP contribution in [0.4, 0.5) is 4.79 Å². The summed E-state index contributed by atoms with van der Waals surface area (Å²) in [4.78, 5) is 37.1. The Morgan fingerprint density at radius 3 is 2.65 bits per heavy atom. The van der Waals surface area contributed by atoms with Gasteiger partial charge in [0.25, 0.3) is 11.8 Å². The zero-order valence-corrected chi connectivity index (χ0v) is 13.4. The summed E-state index contributed by atoms with van der Waals surface area (Å²) in [6, 6.07) is 6.46. The van der Waals surface area contributed by atoms with Crippen molar-refractivity contribution in [2.75, 3.05) is 0 Å². The van der Waals surface area contributed by atoms with Crippen molar-refractivity contribution in [1.82, 2.24) is 15.8 Å². The van der Waals surface area contributed by atoms with Crippen LogP contribution in [0.3, 0.4) is 0 Å². The molecule has 2 aliphatic rings. The molecule has 1 aliphatic heterocycles. The molecule has 2 fully saturated rings. The van der Waals surface area contributed by atoms with E-state index in [-0.39, 0.29) is 5.91 Å². The van der Waals surface area contributed by atoms with E-state index in [1.165, 1.54) is 0 Å². The lowest BCUT2D eigenvalue weighted by Gasteiger charge is -2.33. The summed E-state index contributed by atoms with van der Waals surface area (Å²) in [5, 5.41) is 3.61. The fraction of sp³-hybridized carbons (Fsp3) is 0.471. The number of urea groups is 1. The van der Waals surface area contributed by atoms with E-state index in [0.29, 0.717) is 24.3 Å². The number of rotatable bonds is 2. The van der Waals surface area contributed by atoms with Crippen molar-refractivity contribution in [1.29, 1.82) is 0 Å². The third kappa shape index (κ3) is 2.81. The number of aryl methyl sites for hydroxylation is 1. The van der Waals surface area contributed by atoms with E-state index >= 15 is 0 Å². The molecule has 1 saturated heterocycles. The van der Waals surface area contributed by atoms with Crippen molar-refractivity contribution >= 4 is 17.8 Å². The van der Waals surface area contributed by atoms with Crippen LogP contribution in [0.5, 0.6) is 0 Å². The number of carbonyl (C=O) groups excluding carboxylic acids is 3. The Balaban J connectivity index is 1.75. The van der Waals surface area contributed by atoms with Crippen LogP contribution in [0.2, 0.25) is 0 Å². The minimum Gasteiger partial charge on any atom is -0.322 e. The summed E-state index contributed by atoms with van der Waals surface area (Å²) in [6.45, 7) is 4.02. The molecule has 6 heteroatoms. The molecule has 6 nitrogen and oxygen atoms in total. The van der Waals surface area contributed by atoms with Gasteiger partial charge in [-0.1, -0.05) is 24.6 Å². The summed E-state index contributed by atoms with van der Waals surface area (Å²) in [5.41, 5.74) is 2.95. The maximum absolute atomic E-state index is 12.7. The Morgan fingerprint density at radius 2 is 2.00 bits per heavy atom. The lowest BCUT2D eigenvalue weighted by molar-refractivity contribution is -0.134. The molecule has 1 aliphatic carbocycles. The Bertz CT molecular complexity index is 663. The first-order valence-electron chi connectivity index (χ1n) is 7.96. The van der Waals surface area contributed by atoms with E-state index in [1.807, 2.05) is 13.0 Å². The molecule has 1 heterocycles. The van der Waals surface area contributed by atoms with Crippen molar-refractivity contribution in [2.45, 2.75) is 45.1 Å². The molecule has 0 unspecified atom stereocenters. The molecule has 4 amide bonds. The smallest absolute Gasteiger partial charge is 0.322 e. The van der Waals surface area contributed by atoms with Crippen molar-refractivity contribution in [3.63, 3.8) is 0 Å². The zero-order chi connectivity index (χ0) is 16.6. The lowest BCUT2D eigenvalue weighted by Crippen LogP contribution is -2.51. The molecule has 3 rings (SSSR count). The number of nitrogens with one attached hydrogen (secondary N) is 2. The second kappa shape index (κ2) is 5.68. The quantitative estimate of drug-likeness (QED) is 0.821. The number of hydrogen-bond donors (Lipinski definition) is 2. The lowest BCUT2D eigenvalue weighted by atomic mass is 9.77. The standard InChI is InChI=1S/C17H21N3O3/c1-11-6-8-17(9-7-11)15(22)20(16(23)18-17)19-14(21)13-5-3-4-12(2)10-13/h3-5,10-11H,6-9H2,1-2H3,(H,18,23)(H,19,21). The molecule has 1 aromatic rings. The summed E-state index contributed by atoms with van der Waals surface area (Å²) >= 11 is 0. The molecule has 1 saturated carbocycles. The predicted molar refractivity (Wildman–Crippen MR) is 84.4 cm³/mol. The predicted octanol–water partition coefficient (Wildman–Crippen LogP) is 2.14. The van der Waals surface area contributed by atoms with Gasteiger partial charge in [0.1, 0.15) is 5.54 Å². The number of benzene rings is 1. The monoisotopic (exact) mass is 315 g/mol. The van der Waals surface area contributed by atoms with E-state index < -0.39 is 17.5 Å². The van der Waals surface area contributed by atoms with E-state index in [4.69, 9.17) is 0 Å². The number of carbonyl (C=O) groups is 3. The number of hydrogen-bond acceptors (Lipinski definition) is 3. The van der Waals surface area contributed by atoms with Crippen LogP contribution in [0, 0.1) is 12.8 Å². The van der Waals surface area contributed by atoms with E-state index in [0.717, 1.165) is 23.4 Å². The minimum absolute atomic E-state index is 0.351.